The summed E-state index contributed by atoms with van der Waals surface area (Å²) in [7, 11) is 0. The molecule has 0 N–H and O–H groups in total. The zero-order valence-electron chi connectivity index (χ0n) is 6.98. The molecule has 5 heteroatoms. The lowest BCUT2D eigenvalue weighted by molar-refractivity contribution is -0.385. The van der Waals surface area contributed by atoms with E-state index in [0.717, 1.165) is 0 Å². The first-order valence-corrected chi connectivity index (χ1v) is 4.03. The Kier molecular flexibility index (Phi) is 3.21. The molecule has 0 aliphatic heterocycles. The largest absolute Gasteiger partial charge is 0.276 e. The fourth-order valence-corrected chi connectivity index (χ4v) is 1.13. The Morgan fingerprint density at radius 2 is 2.29 bits per heavy atom. The van der Waals surface area contributed by atoms with Crippen LogP contribution in [0.1, 0.15) is 5.56 Å². The van der Waals surface area contributed by atoms with E-state index in [2.05, 4.69) is 0 Å². The molecule has 0 aliphatic rings. The van der Waals surface area contributed by atoms with Gasteiger partial charge in [0, 0.05) is 17.2 Å². The molecule has 0 bridgehead atoms. The van der Waals surface area contributed by atoms with Crippen LogP contribution in [0.15, 0.2) is 24.3 Å². The second-order valence-electron chi connectivity index (χ2n) is 2.42. The number of nitro groups is 1. The Hall–Kier alpha value is -1.86. The monoisotopic (exact) mass is 208 g/mol. The molecule has 14 heavy (non-hydrogen) atoms. The van der Waals surface area contributed by atoms with Gasteiger partial charge in [-0.15, -0.1) is 0 Å². The fraction of sp³-hybridized carbons (Fsp3) is 0. The summed E-state index contributed by atoms with van der Waals surface area (Å²) in [5.74, 6) is 0. The van der Waals surface area contributed by atoms with Crippen molar-refractivity contribution in [2.45, 2.75) is 0 Å². The van der Waals surface area contributed by atoms with Gasteiger partial charge in [0.1, 0.15) is 0 Å². The molecular formula is C9H5ClN2O2. The van der Waals surface area contributed by atoms with Crippen LogP contribution in [0.3, 0.4) is 0 Å². The molecule has 0 aromatic heterocycles. The van der Waals surface area contributed by atoms with Crippen molar-refractivity contribution in [2.75, 3.05) is 0 Å². The molecule has 0 heterocycles. The molecule has 1 aromatic carbocycles. The van der Waals surface area contributed by atoms with E-state index in [4.69, 9.17) is 16.9 Å². The van der Waals surface area contributed by atoms with Crippen molar-refractivity contribution < 1.29 is 4.92 Å². The number of allylic oxidation sites excluding steroid dienone is 1. The molecule has 0 atom stereocenters. The quantitative estimate of drug-likeness (QED) is 0.426. The molecule has 0 radical (unpaired) electrons. The van der Waals surface area contributed by atoms with E-state index in [0.29, 0.717) is 10.6 Å². The maximum Gasteiger partial charge on any atom is 0.276 e. The SMILES string of the molecule is N#CC=Cc1cc(Cl)ccc1[N+](=O)[O-]. The summed E-state index contributed by atoms with van der Waals surface area (Å²) in [4.78, 5) is 10.0. The number of nitro benzene ring substituents is 1. The standard InChI is InChI=1S/C9H5ClN2O2/c10-8-3-4-9(12(13)14)7(6-8)2-1-5-11/h1-4,6H. The third-order valence-electron chi connectivity index (χ3n) is 1.52. The van der Waals surface area contributed by atoms with Crippen LogP contribution in [-0.4, -0.2) is 4.92 Å². The van der Waals surface area contributed by atoms with Crippen LogP contribution < -0.4 is 0 Å². The van der Waals surface area contributed by atoms with E-state index < -0.39 is 4.92 Å². The molecular weight excluding hydrogens is 204 g/mol. The first kappa shape index (κ1) is 10.2. The lowest BCUT2D eigenvalue weighted by Crippen LogP contribution is -1.90. The van der Waals surface area contributed by atoms with Gasteiger partial charge < -0.3 is 0 Å². The predicted octanol–water partition coefficient (Wildman–Crippen LogP) is 2.78. The summed E-state index contributed by atoms with van der Waals surface area (Å²) < 4.78 is 0. The van der Waals surface area contributed by atoms with E-state index in [-0.39, 0.29) is 5.69 Å². The molecule has 0 spiro atoms. The molecule has 0 fully saturated rings. The molecule has 0 aliphatic carbocycles. The minimum atomic E-state index is -0.520. The highest BCUT2D eigenvalue weighted by atomic mass is 35.5. The Labute approximate surface area is 85.2 Å². The van der Waals surface area contributed by atoms with Gasteiger partial charge in [-0.25, -0.2) is 0 Å². The van der Waals surface area contributed by atoms with Crippen LogP contribution in [0.25, 0.3) is 6.08 Å². The second-order valence-corrected chi connectivity index (χ2v) is 2.86. The third-order valence-corrected chi connectivity index (χ3v) is 1.76. The molecule has 0 saturated heterocycles. The summed E-state index contributed by atoms with van der Waals surface area (Å²) in [6.07, 6.45) is 2.52. The van der Waals surface area contributed by atoms with E-state index >= 15 is 0 Å². The topological polar surface area (TPSA) is 66.9 Å². The van der Waals surface area contributed by atoms with Crippen molar-refractivity contribution in [3.05, 3.63) is 45.0 Å². The van der Waals surface area contributed by atoms with Crippen molar-refractivity contribution in [2.24, 2.45) is 0 Å². The molecule has 4 nitrogen and oxygen atoms in total. The summed E-state index contributed by atoms with van der Waals surface area (Å²) in [5, 5.41) is 19.2. The molecule has 0 amide bonds. The fourth-order valence-electron chi connectivity index (χ4n) is 0.952. The zero-order valence-corrected chi connectivity index (χ0v) is 7.73. The minimum absolute atomic E-state index is 0.0686. The van der Waals surface area contributed by atoms with Crippen molar-refractivity contribution in [3.8, 4) is 6.07 Å². The van der Waals surface area contributed by atoms with Gasteiger partial charge in [0.25, 0.3) is 5.69 Å². The lowest BCUT2D eigenvalue weighted by Gasteiger charge is -1.96. The third kappa shape index (κ3) is 2.31. The smallest absolute Gasteiger partial charge is 0.258 e. The highest BCUT2D eigenvalue weighted by molar-refractivity contribution is 6.30. The van der Waals surface area contributed by atoms with Crippen molar-refractivity contribution in [1.82, 2.24) is 0 Å². The van der Waals surface area contributed by atoms with Crippen molar-refractivity contribution >= 4 is 23.4 Å². The average molecular weight is 209 g/mol. The van der Waals surface area contributed by atoms with Crippen LogP contribution in [0.2, 0.25) is 5.02 Å². The summed E-state index contributed by atoms with van der Waals surface area (Å²) in [6, 6.07) is 5.93. The van der Waals surface area contributed by atoms with Gasteiger partial charge in [0.2, 0.25) is 0 Å². The van der Waals surface area contributed by atoms with Gasteiger partial charge in [-0.3, -0.25) is 10.1 Å². The average Bonchev–Trinajstić information content (AvgIpc) is 2.14. The first-order valence-electron chi connectivity index (χ1n) is 3.65. The maximum absolute atomic E-state index is 10.5. The van der Waals surface area contributed by atoms with Crippen molar-refractivity contribution in [3.63, 3.8) is 0 Å². The van der Waals surface area contributed by atoms with Gasteiger partial charge in [-0.2, -0.15) is 5.26 Å². The van der Waals surface area contributed by atoms with E-state index in [9.17, 15) is 10.1 Å². The van der Waals surface area contributed by atoms with Gasteiger partial charge >= 0.3 is 0 Å². The number of nitriles is 1. The highest BCUT2D eigenvalue weighted by Gasteiger charge is 2.10. The van der Waals surface area contributed by atoms with E-state index in [1.807, 2.05) is 0 Å². The molecule has 0 unspecified atom stereocenters. The zero-order chi connectivity index (χ0) is 10.6. The Bertz CT molecular complexity index is 435. The number of hydrogen-bond donors (Lipinski definition) is 0. The van der Waals surface area contributed by atoms with Crippen LogP contribution in [0, 0.1) is 21.4 Å². The van der Waals surface area contributed by atoms with E-state index in [1.54, 1.807) is 6.07 Å². The first-order chi connectivity index (χ1) is 6.65. The van der Waals surface area contributed by atoms with E-state index in [1.165, 1.54) is 30.4 Å². The predicted molar refractivity (Wildman–Crippen MR) is 52.8 cm³/mol. The Morgan fingerprint density at radius 3 is 2.86 bits per heavy atom. The van der Waals surface area contributed by atoms with Crippen LogP contribution in [0.4, 0.5) is 5.69 Å². The van der Waals surface area contributed by atoms with Crippen LogP contribution in [-0.2, 0) is 0 Å². The number of halogens is 1. The molecule has 70 valence electrons. The van der Waals surface area contributed by atoms with Gasteiger partial charge in [0.05, 0.1) is 16.6 Å². The molecule has 0 saturated carbocycles. The summed E-state index contributed by atoms with van der Waals surface area (Å²) >= 11 is 5.66. The van der Waals surface area contributed by atoms with Crippen molar-refractivity contribution in [1.29, 1.82) is 5.26 Å². The lowest BCUT2D eigenvalue weighted by atomic mass is 10.1. The van der Waals surface area contributed by atoms with Gasteiger partial charge in [0.15, 0.2) is 0 Å². The number of hydrogen-bond acceptors (Lipinski definition) is 3. The van der Waals surface area contributed by atoms with Gasteiger partial charge in [-0.1, -0.05) is 11.6 Å². The molecule has 1 rings (SSSR count). The number of benzene rings is 1. The second kappa shape index (κ2) is 4.40. The van der Waals surface area contributed by atoms with Crippen LogP contribution in [0.5, 0.6) is 0 Å². The Morgan fingerprint density at radius 1 is 1.57 bits per heavy atom. The summed E-state index contributed by atoms with van der Waals surface area (Å²) in [6.45, 7) is 0. The molecule has 1 aromatic rings. The van der Waals surface area contributed by atoms with Crippen LogP contribution >= 0.6 is 11.6 Å². The van der Waals surface area contributed by atoms with Gasteiger partial charge in [-0.05, 0) is 18.2 Å². The highest BCUT2D eigenvalue weighted by Crippen LogP contribution is 2.23. The number of nitrogens with zero attached hydrogens (tertiary/aromatic N) is 2. The minimum Gasteiger partial charge on any atom is -0.258 e. The maximum atomic E-state index is 10.5. The summed E-state index contributed by atoms with van der Waals surface area (Å²) in [5.41, 5.74) is 0.255. The normalized spacial score (nSPS) is 10.0. The Balaban J connectivity index is 3.24. The number of rotatable bonds is 2.